The topological polar surface area (TPSA) is 17.0 Å². The lowest BCUT2D eigenvalue weighted by Crippen LogP contribution is -2.19. The van der Waals surface area contributed by atoms with E-state index in [1.807, 2.05) is 0 Å². The van der Waals surface area contributed by atoms with Crippen molar-refractivity contribution in [2.75, 3.05) is 0 Å². The van der Waals surface area contributed by atoms with Crippen LogP contribution in [0.4, 0.5) is 0 Å². The minimum atomic E-state index is 0.792. The molecule has 84 valence electrons. The van der Waals surface area contributed by atoms with Crippen LogP contribution >= 0.6 is 0 Å². The summed E-state index contributed by atoms with van der Waals surface area (Å²) in [6.45, 7) is 6.69. The first kappa shape index (κ1) is 10.7. The molecule has 0 spiro atoms. The van der Waals surface area contributed by atoms with Gasteiger partial charge >= 0.3 is 0 Å². The summed E-state index contributed by atoms with van der Waals surface area (Å²) in [7, 11) is 0. The Kier molecular flexibility index (Phi) is 3.47. The Balaban J connectivity index is 1.80. The van der Waals surface area contributed by atoms with E-state index in [2.05, 4.69) is 42.1 Å². The molecule has 2 nitrogen and oxygen atoms in total. The van der Waals surface area contributed by atoms with E-state index >= 15 is 0 Å². The largest absolute Gasteiger partial charge is 0.350 e. The molecule has 1 aromatic heterocycles. The summed E-state index contributed by atoms with van der Waals surface area (Å²) in [5.74, 6) is 0.944. The molecule has 1 aliphatic rings. The Morgan fingerprint density at radius 3 is 3.00 bits per heavy atom. The van der Waals surface area contributed by atoms with Crippen LogP contribution in [-0.4, -0.2) is 10.6 Å². The van der Waals surface area contributed by atoms with E-state index in [0.29, 0.717) is 0 Å². The summed E-state index contributed by atoms with van der Waals surface area (Å²) in [6, 6.07) is 5.17. The van der Waals surface area contributed by atoms with Crippen LogP contribution in [0.2, 0.25) is 0 Å². The van der Waals surface area contributed by atoms with Gasteiger partial charge in [0.25, 0.3) is 0 Å². The van der Waals surface area contributed by atoms with Crippen LogP contribution < -0.4 is 5.32 Å². The monoisotopic (exact) mass is 206 g/mol. The number of rotatable bonds is 6. The first-order valence-corrected chi connectivity index (χ1v) is 6.22. The van der Waals surface area contributed by atoms with Crippen molar-refractivity contribution in [3.05, 3.63) is 24.0 Å². The van der Waals surface area contributed by atoms with Crippen LogP contribution in [0.3, 0.4) is 0 Å². The summed E-state index contributed by atoms with van der Waals surface area (Å²) >= 11 is 0. The smallest absolute Gasteiger partial charge is 0.0361 e. The van der Waals surface area contributed by atoms with Crippen molar-refractivity contribution in [1.29, 1.82) is 0 Å². The highest BCUT2D eigenvalue weighted by atomic mass is 15.0. The van der Waals surface area contributed by atoms with E-state index in [-0.39, 0.29) is 0 Å². The fourth-order valence-corrected chi connectivity index (χ4v) is 2.25. The van der Waals surface area contributed by atoms with E-state index in [0.717, 1.165) is 25.0 Å². The lowest BCUT2D eigenvalue weighted by Gasteiger charge is -2.08. The average molecular weight is 206 g/mol. The fraction of sp³-hybridized carbons (Fsp3) is 0.692. The standard InChI is InChI=1S/C13H22N2/c1-3-7-15-8-5-6-12(15)10-14-13-9-11(13)4-2/h5-6,8,11,13-14H,3-4,7,9-10H2,1-2H3. The van der Waals surface area contributed by atoms with Gasteiger partial charge in [-0.25, -0.2) is 0 Å². The average Bonchev–Trinajstić information content (AvgIpc) is 2.88. The molecule has 1 N–H and O–H groups in total. The maximum atomic E-state index is 3.64. The van der Waals surface area contributed by atoms with Crippen molar-refractivity contribution in [1.82, 2.24) is 9.88 Å². The number of nitrogens with one attached hydrogen (secondary N) is 1. The number of nitrogens with zero attached hydrogens (tertiary/aromatic N) is 1. The summed E-state index contributed by atoms with van der Waals surface area (Å²) < 4.78 is 2.36. The Labute approximate surface area is 92.7 Å². The highest BCUT2D eigenvalue weighted by Gasteiger charge is 2.34. The van der Waals surface area contributed by atoms with E-state index in [4.69, 9.17) is 0 Å². The van der Waals surface area contributed by atoms with Gasteiger partial charge in [0.15, 0.2) is 0 Å². The molecular weight excluding hydrogens is 184 g/mol. The molecule has 0 radical (unpaired) electrons. The van der Waals surface area contributed by atoms with Gasteiger partial charge in [-0.1, -0.05) is 20.3 Å². The molecule has 2 heteroatoms. The fourth-order valence-electron chi connectivity index (χ4n) is 2.25. The first-order chi connectivity index (χ1) is 7.35. The zero-order chi connectivity index (χ0) is 10.7. The molecular formula is C13H22N2. The highest BCUT2D eigenvalue weighted by Crippen LogP contribution is 2.33. The molecule has 0 bridgehead atoms. The molecule has 1 heterocycles. The third-order valence-corrected chi connectivity index (χ3v) is 3.38. The molecule has 1 fully saturated rings. The van der Waals surface area contributed by atoms with Crippen LogP contribution in [0, 0.1) is 5.92 Å². The number of aryl methyl sites for hydroxylation is 1. The molecule has 15 heavy (non-hydrogen) atoms. The maximum absolute atomic E-state index is 3.64. The second kappa shape index (κ2) is 4.84. The van der Waals surface area contributed by atoms with Gasteiger partial charge in [-0.15, -0.1) is 0 Å². The predicted octanol–water partition coefficient (Wildman–Crippen LogP) is 2.79. The van der Waals surface area contributed by atoms with Crippen LogP contribution in [0.5, 0.6) is 0 Å². The Bertz CT molecular complexity index is 303. The van der Waals surface area contributed by atoms with Crippen LogP contribution in [0.1, 0.15) is 38.8 Å². The SMILES string of the molecule is CCCn1cccc1CNC1CC1CC. The second-order valence-electron chi connectivity index (χ2n) is 4.58. The third kappa shape index (κ3) is 2.63. The van der Waals surface area contributed by atoms with Crippen LogP contribution in [0.25, 0.3) is 0 Å². The van der Waals surface area contributed by atoms with Crippen LogP contribution in [0.15, 0.2) is 18.3 Å². The number of aromatic nitrogens is 1. The van der Waals surface area contributed by atoms with Gasteiger partial charge < -0.3 is 9.88 Å². The molecule has 0 saturated heterocycles. The van der Waals surface area contributed by atoms with Crippen molar-refractivity contribution in [2.45, 2.75) is 52.2 Å². The Morgan fingerprint density at radius 2 is 2.33 bits per heavy atom. The molecule has 1 aliphatic carbocycles. The molecule has 0 aromatic carbocycles. The lowest BCUT2D eigenvalue weighted by molar-refractivity contribution is 0.577. The second-order valence-corrected chi connectivity index (χ2v) is 4.58. The van der Waals surface area contributed by atoms with Gasteiger partial charge in [0, 0.05) is 31.0 Å². The van der Waals surface area contributed by atoms with Gasteiger partial charge in [-0.2, -0.15) is 0 Å². The summed E-state index contributed by atoms with van der Waals surface area (Å²) in [5.41, 5.74) is 1.43. The summed E-state index contributed by atoms with van der Waals surface area (Å²) in [6.07, 6.45) is 6.10. The van der Waals surface area contributed by atoms with Crippen LogP contribution in [-0.2, 0) is 13.1 Å². The van der Waals surface area contributed by atoms with Crippen molar-refractivity contribution in [3.8, 4) is 0 Å². The molecule has 1 aromatic rings. The number of hydrogen-bond acceptors (Lipinski definition) is 1. The van der Waals surface area contributed by atoms with Gasteiger partial charge in [-0.05, 0) is 30.9 Å². The van der Waals surface area contributed by atoms with Gasteiger partial charge in [-0.3, -0.25) is 0 Å². The number of hydrogen-bond donors (Lipinski definition) is 1. The van der Waals surface area contributed by atoms with Crippen molar-refractivity contribution >= 4 is 0 Å². The minimum absolute atomic E-state index is 0.792. The molecule has 2 atom stereocenters. The molecule has 1 saturated carbocycles. The van der Waals surface area contributed by atoms with E-state index in [1.54, 1.807) is 0 Å². The van der Waals surface area contributed by atoms with Gasteiger partial charge in [0.05, 0.1) is 0 Å². The molecule has 2 unspecified atom stereocenters. The Hall–Kier alpha value is -0.760. The zero-order valence-electron chi connectivity index (χ0n) is 9.87. The van der Waals surface area contributed by atoms with Crippen molar-refractivity contribution < 1.29 is 0 Å². The third-order valence-electron chi connectivity index (χ3n) is 3.38. The lowest BCUT2D eigenvalue weighted by atomic mass is 10.3. The minimum Gasteiger partial charge on any atom is -0.350 e. The van der Waals surface area contributed by atoms with E-state index in [1.165, 1.54) is 25.0 Å². The normalized spacial score (nSPS) is 24.4. The molecule has 2 rings (SSSR count). The molecule has 0 aliphatic heterocycles. The summed E-state index contributed by atoms with van der Waals surface area (Å²) in [5, 5.41) is 3.64. The predicted molar refractivity (Wildman–Crippen MR) is 63.7 cm³/mol. The van der Waals surface area contributed by atoms with E-state index in [9.17, 15) is 0 Å². The van der Waals surface area contributed by atoms with Gasteiger partial charge in [0.2, 0.25) is 0 Å². The maximum Gasteiger partial charge on any atom is 0.0361 e. The van der Waals surface area contributed by atoms with E-state index < -0.39 is 0 Å². The zero-order valence-corrected chi connectivity index (χ0v) is 9.87. The highest BCUT2D eigenvalue weighted by molar-refractivity contribution is 5.08. The quantitative estimate of drug-likeness (QED) is 0.757. The van der Waals surface area contributed by atoms with Crippen molar-refractivity contribution in [3.63, 3.8) is 0 Å². The van der Waals surface area contributed by atoms with Gasteiger partial charge in [0.1, 0.15) is 0 Å². The first-order valence-electron chi connectivity index (χ1n) is 6.22. The van der Waals surface area contributed by atoms with Crippen molar-refractivity contribution in [2.24, 2.45) is 5.92 Å². The Morgan fingerprint density at radius 1 is 1.47 bits per heavy atom. The molecule has 0 amide bonds. The summed E-state index contributed by atoms with van der Waals surface area (Å²) in [4.78, 5) is 0.